The predicted molar refractivity (Wildman–Crippen MR) is 133 cm³/mol. The highest BCUT2D eigenvalue weighted by atomic mass is 16.7. The molecule has 0 radical (unpaired) electrons. The second-order valence-electron chi connectivity index (χ2n) is 9.02. The first-order valence-electron chi connectivity index (χ1n) is 11.8. The van der Waals surface area contributed by atoms with Crippen molar-refractivity contribution in [3.8, 4) is 51.7 Å². The van der Waals surface area contributed by atoms with Crippen molar-refractivity contribution >= 4 is 11.9 Å². The molecule has 0 aromatic heterocycles. The lowest BCUT2D eigenvalue weighted by molar-refractivity contribution is -0.276. The van der Waals surface area contributed by atoms with E-state index in [-0.39, 0.29) is 5.75 Å². The molecule has 224 valence electrons. The number of carbonyl (C=O) groups is 2. The minimum atomic E-state index is -2.00. The van der Waals surface area contributed by atoms with Crippen LogP contribution in [0.3, 0.4) is 0 Å². The van der Waals surface area contributed by atoms with E-state index in [0.717, 1.165) is 42.5 Å². The Bertz CT molecular complexity index is 1440. The summed E-state index contributed by atoms with van der Waals surface area (Å²) in [4.78, 5) is 25.2. The van der Waals surface area contributed by atoms with Crippen LogP contribution in [-0.4, -0.2) is 100 Å². The summed E-state index contributed by atoms with van der Waals surface area (Å²) in [6.07, 6.45) is -9.12. The van der Waals surface area contributed by atoms with Crippen LogP contribution >= 0.6 is 0 Å². The summed E-state index contributed by atoms with van der Waals surface area (Å²) in [5.41, 5.74) is -0.890. The van der Waals surface area contributed by atoms with Crippen LogP contribution < -0.4 is 4.74 Å². The molecule has 3 aromatic carbocycles. The zero-order chi connectivity index (χ0) is 30.9. The van der Waals surface area contributed by atoms with Gasteiger partial charge in [0.15, 0.2) is 40.6 Å². The maximum Gasteiger partial charge on any atom is 0.339 e. The molecule has 0 amide bonds. The maximum absolute atomic E-state index is 12.8. The topological polar surface area (TPSA) is 273 Å². The highest BCUT2D eigenvalue weighted by Crippen LogP contribution is 2.37. The van der Waals surface area contributed by atoms with Crippen molar-refractivity contribution in [1.29, 1.82) is 0 Å². The summed E-state index contributed by atoms with van der Waals surface area (Å²) >= 11 is 0. The van der Waals surface area contributed by atoms with Gasteiger partial charge in [0.05, 0.1) is 11.1 Å². The molecule has 4 rings (SSSR count). The molecular formula is C26H24O16. The molecule has 16 heteroatoms. The van der Waals surface area contributed by atoms with Gasteiger partial charge in [-0.3, -0.25) is 0 Å². The van der Waals surface area contributed by atoms with Crippen LogP contribution in [0.15, 0.2) is 42.5 Å². The first-order valence-corrected chi connectivity index (χ1v) is 11.8. The number of phenolic OH excluding ortho intramolecular Hbond substituents is 8. The molecule has 1 heterocycles. The highest BCUT2D eigenvalue weighted by molar-refractivity contribution is 5.91. The van der Waals surface area contributed by atoms with E-state index < -0.39 is 106 Å². The molecule has 1 aliphatic rings. The van der Waals surface area contributed by atoms with E-state index in [9.17, 15) is 60.7 Å². The van der Waals surface area contributed by atoms with Gasteiger partial charge < -0.3 is 70.0 Å². The lowest BCUT2D eigenvalue weighted by Gasteiger charge is -2.41. The van der Waals surface area contributed by atoms with Gasteiger partial charge in [0.25, 0.3) is 0 Å². The molecule has 1 saturated heterocycles. The Hall–Kier alpha value is -5.32. The zero-order valence-electron chi connectivity index (χ0n) is 21.1. The third-order valence-corrected chi connectivity index (χ3v) is 6.01. The van der Waals surface area contributed by atoms with E-state index in [1.54, 1.807) is 0 Å². The van der Waals surface area contributed by atoms with Gasteiger partial charge in [-0.2, -0.15) is 0 Å². The normalized spacial score (nSPS) is 21.8. The second kappa shape index (κ2) is 11.7. The summed E-state index contributed by atoms with van der Waals surface area (Å²) in [7, 11) is 0. The van der Waals surface area contributed by atoms with Crippen LogP contribution in [0.4, 0.5) is 0 Å². The molecule has 5 atom stereocenters. The number of carbonyl (C=O) groups excluding carboxylic acids is 2. The SMILES string of the molecule is O=C(OC[C@H]1O[C@@H](Oc2cc(O)cc(O)c2)[C@H](OC(=O)c2cc(O)c(O)c(O)c2)[C@@H](O)[C@@H]1O)c1cc(O)c(O)c(O)c1. The fourth-order valence-electron chi connectivity index (χ4n) is 3.91. The summed E-state index contributed by atoms with van der Waals surface area (Å²) in [5, 5.41) is 98.7. The van der Waals surface area contributed by atoms with Crippen LogP contribution in [0.2, 0.25) is 0 Å². The van der Waals surface area contributed by atoms with Crippen molar-refractivity contribution in [2.45, 2.75) is 30.7 Å². The minimum absolute atomic E-state index is 0.257. The minimum Gasteiger partial charge on any atom is -0.508 e. The summed E-state index contributed by atoms with van der Waals surface area (Å²) in [6, 6.07) is 6.08. The standard InChI is InChI=1S/C26H24O16/c27-11-5-12(28)7-13(6-11)40-26-23(42-25(38)10-3-16(31)20(34)17(32)4-10)22(36)21(35)18(41-26)8-39-24(37)9-1-14(29)19(33)15(30)2-9/h1-7,18,21-23,26-36H,8H2/t18-,21-,22+,23-,26-/m1/s1. The second-order valence-corrected chi connectivity index (χ2v) is 9.02. The number of aromatic hydroxyl groups is 8. The average Bonchev–Trinajstić information content (AvgIpc) is 2.92. The molecule has 0 unspecified atom stereocenters. The fourth-order valence-corrected chi connectivity index (χ4v) is 3.91. The molecule has 0 bridgehead atoms. The third kappa shape index (κ3) is 6.20. The Morgan fingerprint density at radius 2 is 1.14 bits per heavy atom. The third-order valence-electron chi connectivity index (χ3n) is 6.01. The summed E-state index contributed by atoms with van der Waals surface area (Å²) < 4.78 is 21.4. The molecule has 16 nitrogen and oxygen atoms in total. The van der Waals surface area contributed by atoms with Crippen LogP contribution in [0.1, 0.15) is 20.7 Å². The quantitative estimate of drug-likeness (QED) is 0.130. The number of hydrogen-bond acceptors (Lipinski definition) is 16. The molecule has 42 heavy (non-hydrogen) atoms. The largest absolute Gasteiger partial charge is 0.508 e. The first-order chi connectivity index (χ1) is 19.7. The Morgan fingerprint density at radius 3 is 1.64 bits per heavy atom. The first kappa shape index (κ1) is 29.7. The van der Waals surface area contributed by atoms with Crippen LogP contribution in [-0.2, 0) is 14.2 Å². The molecule has 10 N–H and O–H groups in total. The van der Waals surface area contributed by atoms with E-state index in [1.807, 2.05) is 0 Å². The van der Waals surface area contributed by atoms with Gasteiger partial charge in [0.2, 0.25) is 6.29 Å². The van der Waals surface area contributed by atoms with Gasteiger partial charge in [-0.1, -0.05) is 0 Å². The fraction of sp³-hybridized carbons (Fsp3) is 0.231. The lowest BCUT2D eigenvalue weighted by atomic mass is 9.99. The Kier molecular flexibility index (Phi) is 8.23. The van der Waals surface area contributed by atoms with Crippen molar-refractivity contribution in [3.05, 3.63) is 53.6 Å². The van der Waals surface area contributed by atoms with Crippen LogP contribution in [0, 0.1) is 0 Å². The van der Waals surface area contributed by atoms with E-state index >= 15 is 0 Å². The van der Waals surface area contributed by atoms with Crippen LogP contribution in [0.25, 0.3) is 0 Å². The zero-order valence-corrected chi connectivity index (χ0v) is 21.1. The number of rotatable bonds is 7. The van der Waals surface area contributed by atoms with E-state index in [4.69, 9.17) is 18.9 Å². The van der Waals surface area contributed by atoms with Gasteiger partial charge in [-0.15, -0.1) is 0 Å². The van der Waals surface area contributed by atoms with Crippen molar-refractivity contribution in [2.24, 2.45) is 0 Å². The number of esters is 2. The van der Waals surface area contributed by atoms with Crippen molar-refractivity contribution in [2.75, 3.05) is 6.61 Å². The number of aliphatic hydroxyl groups is 2. The molecular weight excluding hydrogens is 568 g/mol. The van der Waals surface area contributed by atoms with E-state index in [1.165, 1.54) is 0 Å². The summed E-state index contributed by atoms with van der Waals surface area (Å²) in [5.74, 6) is -8.78. The number of benzene rings is 3. The number of aliphatic hydroxyl groups excluding tert-OH is 2. The van der Waals surface area contributed by atoms with Gasteiger partial charge in [-0.05, 0) is 24.3 Å². The Labute approximate surface area is 234 Å². The predicted octanol–water partition coefficient (Wildman–Crippen LogP) is 0.239. The van der Waals surface area contributed by atoms with Gasteiger partial charge in [0.1, 0.15) is 42.2 Å². The van der Waals surface area contributed by atoms with Gasteiger partial charge in [-0.25, -0.2) is 9.59 Å². The number of hydrogen-bond donors (Lipinski definition) is 10. The molecule has 0 saturated carbocycles. The van der Waals surface area contributed by atoms with E-state index in [0.29, 0.717) is 0 Å². The smallest absolute Gasteiger partial charge is 0.339 e. The maximum atomic E-state index is 12.8. The molecule has 0 spiro atoms. The van der Waals surface area contributed by atoms with Gasteiger partial charge in [0, 0.05) is 18.2 Å². The average molecular weight is 592 g/mol. The monoisotopic (exact) mass is 592 g/mol. The van der Waals surface area contributed by atoms with Gasteiger partial charge >= 0.3 is 11.9 Å². The van der Waals surface area contributed by atoms with Crippen molar-refractivity contribution in [3.63, 3.8) is 0 Å². The van der Waals surface area contributed by atoms with Crippen LogP contribution in [0.5, 0.6) is 51.7 Å². The summed E-state index contributed by atoms with van der Waals surface area (Å²) in [6.45, 7) is -0.773. The van der Waals surface area contributed by atoms with E-state index in [2.05, 4.69) is 0 Å². The van der Waals surface area contributed by atoms with Crippen molar-refractivity contribution < 1.29 is 79.6 Å². The lowest BCUT2D eigenvalue weighted by Crippen LogP contribution is -2.61. The molecule has 0 aliphatic carbocycles. The molecule has 3 aromatic rings. The number of phenols is 8. The van der Waals surface area contributed by atoms with Crippen molar-refractivity contribution in [1.82, 2.24) is 0 Å². The molecule has 1 fully saturated rings. The Morgan fingerprint density at radius 1 is 0.667 bits per heavy atom. The highest BCUT2D eigenvalue weighted by Gasteiger charge is 2.49. The Balaban J connectivity index is 1.57. The number of ether oxygens (including phenoxy) is 4. The molecule has 1 aliphatic heterocycles.